The van der Waals surface area contributed by atoms with Crippen LogP contribution in [0.4, 0.5) is 4.79 Å². The van der Waals surface area contributed by atoms with Crippen LogP contribution in [0, 0.1) is 0 Å². The Hall–Kier alpha value is -4.20. The highest BCUT2D eigenvalue weighted by Gasteiger charge is 2.22. The third-order valence-electron chi connectivity index (χ3n) is 5.35. The smallest absolute Gasteiger partial charge is 0.414 e. The van der Waals surface area contributed by atoms with Gasteiger partial charge >= 0.3 is 6.09 Å². The van der Waals surface area contributed by atoms with Crippen LogP contribution in [0.15, 0.2) is 60.8 Å². The first-order valence-electron chi connectivity index (χ1n) is 11.0. The summed E-state index contributed by atoms with van der Waals surface area (Å²) in [5, 5.41) is 0.695. The molecule has 176 valence electrons. The van der Waals surface area contributed by atoms with E-state index in [-0.39, 0.29) is 5.75 Å². The maximum absolute atomic E-state index is 12.4. The molecule has 34 heavy (non-hydrogen) atoms. The van der Waals surface area contributed by atoms with Gasteiger partial charge in [0.05, 0.1) is 30.5 Å². The lowest BCUT2D eigenvalue weighted by molar-refractivity contribution is 0.100. The molecule has 0 radical (unpaired) electrons. The van der Waals surface area contributed by atoms with Crippen molar-refractivity contribution in [2.75, 3.05) is 27.3 Å². The lowest BCUT2D eigenvalue weighted by Gasteiger charge is -2.14. The van der Waals surface area contributed by atoms with Crippen LogP contribution >= 0.6 is 0 Å². The van der Waals surface area contributed by atoms with Gasteiger partial charge in [-0.3, -0.25) is 4.79 Å². The van der Waals surface area contributed by atoms with E-state index in [0.717, 1.165) is 16.8 Å². The molecule has 0 aliphatic heterocycles. The summed E-state index contributed by atoms with van der Waals surface area (Å²) in [6, 6.07) is 16.8. The second-order valence-electron chi connectivity index (χ2n) is 7.96. The number of pyridine rings is 1. The molecule has 0 fully saturated rings. The van der Waals surface area contributed by atoms with Crippen LogP contribution < -0.4 is 19.9 Å². The Morgan fingerprint density at radius 1 is 1.00 bits per heavy atom. The Labute approximate surface area is 197 Å². The number of amides is 2. The minimum atomic E-state index is -0.564. The fourth-order valence-corrected chi connectivity index (χ4v) is 3.85. The molecule has 2 aromatic heterocycles. The Morgan fingerprint density at radius 2 is 1.79 bits per heavy atom. The predicted molar refractivity (Wildman–Crippen MR) is 130 cm³/mol. The third kappa shape index (κ3) is 4.61. The lowest BCUT2D eigenvalue weighted by Crippen LogP contribution is -2.25. The van der Waals surface area contributed by atoms with Crippen molar-refractivity contribution < 1.29 is 23.8 Å². The van der Waals surface area contributed by atoms with Gasteiger partial charge in [-0.15, -0.1) is 0 Å². The highest BCUT2D eigenvalue weighted by Crippen LogP contribution is 2.36. The molecule has 0 bridgehead atoms. The van der Waals surface area contributed by atoms with Gasteiger partial charge in [-0.05, 0) is 30.7 Å². The first kappa shape index (κ1) is 23.0. The van der Waals surface area contributed by atoms with Gasteiger partial charge in [-0.25, -0.2) is 4.79 Å². The Bertz CT molecular complexity index is 1360. The number of hydrogen-bond acceptors (Lipinski definition) is 5. The summed E-state index contributed by atoms with van der Waals surface area (Å²) in [5.74, 6) is 0.922. The van der Waals surface area contributed by atoms with Gasteiger partial charge in [-0.2, -0.15) is 0 Å². The van der Waals surface area contributed by atoms with Crippen molar-refractivity contribution >= 4 is 28.4 Å². The average molecular weight is 462 g/mol. The predicted octanol–water partition coefficient (Wildman–Crippen LogP) is 4.27. The molecule has 8 heteroatoms. The molecule has 2 N–H and O–H groups in total. The third-order valence-corrected chi connectivity index (χ3v) is 5.35. The summed E-state index contributed by atoms with van der Waals surface area (Å²) in [6.45, 7) is 2.86. The number of primary amides is 1. The molecule has 0 aliphatic carbocycles. The minimum Gasteiger partial charge on any atom is -0.494 e. The number of carbonyl (C=O) groups is 2. The van der Waals surface area contributed by atoms with Crippen LogP contribution in [0.1, 0.15) is 22.8 Å². The Morgan fingerprint density at radius 3 is 2.53 bits per heavy atom. The number of aromatic nitrogens is 1. The maximum atomic E-state index is 12.4. The molecular weight excluding hydrogens is 434 g/mol. The molecule has 0 spiro atoms. The van der Waals surface area contributed by atoms with E-state index in [0.29, 0.717) is 41.9 Å². The number of benzene rings is 2. The van der Waals surface area contributed by atoms with Gasteiger partial charge in [0.15, 0.2) is 5.75 Å². The normalized spacial score (nSPS) is 10.9. The zero-order chi connectivity index (χ0) is 24.2. The van der Waals surface area contributed by atoms with Crippen LogP contribution in [0.2, 0.25) is 0 Å². The van der Waals surface area contributed by atoms with E-state index in [1.54, 1.807) is 30.8 Å². The van der Waals surface area contributed by atoms with Crippen LogP contribution in [-0.4, -0.2) is 48.6 Å². The van der Waals surface area contributed by atoms with Crippen LogP contribution in [0.25, 0.3) is 16.4 Å². The van der Waals surface area contributed by atoms with Gasteiger partial charge in [0.1, 0.15) is 17.0 Å². The molecule has 2 heterocycles. The average Bonchev–Trinajstić information content (AvgIpc) is 3.14. The molecule has 8 nitrogen and oxygen atoms in total. The molecule has 0 atom stereocenters. The van der Waals surface area contributed by atoms with Gasteiger partial charge < -0.3 is 29.2 Å². The standard InChI is InChI=1S/C26H27N3O5/c1-4-32-18-9-7-8-17(14-18)12-13-33-22-15-19(34-26(31)28(2)3)16-29-21-11-6-5-10-20(21)23(24(22)29)25(27)30/h5-11,14-16H,4,12-13H2,1-3H3,(H2,27,30). The molecule has 2 amide bonds. The van der Waals surface area contributed by atoms with Crippen molar-refractivity contribution in [1.82, 2.24) is 9.30 Å². The summed E-state index contributed by atoms with van der Waals surface area (Å²) in [4.78, 5) is 26.0. The summed E-state index contributed by atoms with van der Waals surface area (Å²) >= 11 is 0. The number of para-hydroxylation sites is 1. The second-order valence-corrected chi connectivity index (χ2v) is 7.96. The number of nitrogens with two attached hydrogens (primary N) is 1. The van der Waals surface area contributed by atoms with E-state index >= 15 is 0 Å². The number of fused-ring (bicyclic) bond motifs is 3. The number of nitrogens with zero attached hydrogens (tertiary/aromatic N) is 2. The van der Waals surface area contributed by atoms with Gasteiger partial charge in [0.2, 0.25) is 0 Å². The number of ether oxygens (including phenoxy) is 3. The van der Waals surface area contributed by atoms with Gasteiger partial charge in [-0.1, -0.05) is 30.3 Å². The zero-order valence-electron chi connectivity index (χ0n) is 19.4. The van der Waals surface area contributed by atoms with E-state index in [1.165, 1.54) is 4.90 Å². The van der Waals surface area contributed by atoms with Crippen molar-refractivity contribution in [2.45, 2.75) is 13.3 Å². The van der Waals surface area contributed by atoms with E-state index < -0.39 is 12.0 Å². The molecule has 0 saturated carbocycles. The maximum Gasteiger partial charge on any atom is 0.414 e. The van der Waals surface area contributed by atoms with Crippen LogP contribution in [0.3, 0.4) is 0 Å². The Kier molecular flexibility index (Phi) is 6.58. The number of carbonyl (C=O) groups excluding carboxylic acids is 2. The van der Waals surface area contributed by atoms with Crippen molar-refractivity contribution in [3.05, 3.63) is 71.9 Å². The lowest BCUT2D eigenvalue weighted by atomic mass is 10.1. The topological polar surface area (TPSA) is 95.5 Å². The van der Waals surface area contributed by atoms with Crippen LogP contribution in [-0.2, 0) is 6.42 Å². The number of rotatable bonds is 8. The fourth-order valence-electron chi connectivity index (χ4n) is 3.85. The van der Waals surface area contributed by atoms with E-state index in [1.807, 2.05) is 55.5 Å². The molecule has 0 aliphatic rings. The summed E-state index contributed by atoms with van der Waals surface area (Å²) in [6.07, 6.45) is 1.75. The Balaban J connectivity index is 1.74. The highest BCUT2D eigenvalue weighted by molar-refractivity contribution is 6.14. The molecular formula is C26H27N3O5. The number of hydrogen-bond donors (Lipinski definition) is 1. The van der Waals surface area contributed by atoms with Crippen molar-refractivity contribution in [3.8, 4) is 17.2 Å². The fraction of sp³-hybridized carbons (Fsp3) is 0.231. The quantitative estimate of drug-likeness (QED) is 0.423. The van der Waals surface area contributed by atoms with Crippen molar-refractivity contribution in [1.29, 1.82) is 0 Å². The van der Waals surface area contributed by atoms with Gasteiger partial charge in [0, 0.05) is 32.0 Å². The molecule has 0 saturated heterocycles. The zero-order valence-corrected chi connectivity index (χ0v) is 19.4. The van der Waals surface area contributed by atoms with Crippen LogP contribution in [0.5, 0.6) is 17.2 Å². The first-order chi connectivity index (χ1) is 16.4. The second kappa shape index (κ2) is 9.74. The monoisotopic (exact) mass is 461 g/mol. The summed E-state index contributed by atoms with van der Waals surface area (Å²) in [5.41, 5.74) is 8.46. The van der Waals surface area contributed by atoms with E-state index in [4.69, 9.17) is 19.9 Å². The molecule has 4 aromatic rings. The molecule has 2 aromatic carbocycles. The SMILES string of the molecule is CCOc1cccc(CCOc2cc(OC(=O)N(C)C)cn3c2c(C(N)=O)c2ccccc23)c1. The van der Waals surface area contributed by atoms with Crippen molar-refractivity contribution in [2.24, 2.45) is 5.73 Å². The minimum absolute atomic E-state index is 0.288. The molecule has 4 rings (SSSR count). The molecule has 0 unspecified atom stereocenters. The van der Waals surface area contributed by atoms with Crippen molar-refractivity contribution in [3.63, 3.8) is 0 Å². The van der Waals surface area contributed by atoms with Gasteiger partial charge in [0.25, 0.3) is 5.91 Å². The van der Waals surface area contributed by atoms with E-state index in [9.17, 15) is 9.59 Å². The first-order valence-corrected chi connectivity index (χ1v) is 11.0. The largest absolute Gasteiger partial charge is 0.494 e. The highest BCUT2D eigenvalue weighted by atomic mass is 16.6. The summed E-state index contributed by atoms with van der Waals surface area (Å²) in [7, 11) is 3.20. The summed E-state index contributed by atoms with van der Waals surface area (Å²) < 4.78 is 19.0. The van der Waals surface area contributed by atoms with E-state index in [2.05, 4.69) is 0 Å².